The van der Waals surface area contributed by atoms with Gasteiger partial charge in [0.05, 0.1) is 25.2 Å². The lowest BCUT2D eigenvalue weighted by Crippen LogP contribution is -2.39. The summed E-state index contributed by atoms with van der Waals surface area (Å²) in [6.07, 6.45) is -4.11. The van der Waals surface area contributed by atoms with Gasteiger partial charge in [0.25, 0.3) is 0 Å². The van der Waals surface area contributed by atoms with Crippen LogP contribution in [0.5, 0.6) is 0 Å². The summed E-state index contributed by atoms with van der Waals surface area (Å²) < 4.78 is 40.9. The van der Waals surface area contributed by atoms with Crippen LogP contribution in [0.25, 0.3) is 0 Å². The van der Waals surface area contributed by atoms with Crippen molar-refractivity contribution in [1.29, 1.82) is 0 Å². The molecule has 1 rings (SSSR count). The minimum atomic E-state index is -4.19. The maximum absolute atomic E-state index is 11.9. The number of halogens is 3. The molecule has 0 bridgehead atoms. The number of rotatable bonds is 3. The van der Waals surface area contributed by atoms with Crippen LogP contribution in [-0.4, -0.2) is 30.1 Å². The predicted molar refractivity (Wildman–Crippen MR) is 54.1 cm³/mol. The van der Waals surface area contributed by atoms with Gasteiger partial charge in [0, 0.05) is 0 Å². The van der Waals surface area contributed by atoms with Crippen LogP contribution >= 0.6 is 0 Å². The average Bonchev–Trinajstić information content (AvgIpc) is 2.09. The first kappa shape index (κ1) is 13.8. The molecule has 1 aliphatic carbocycles. The zero-order valence-electron chi connectivity index (χ0n) is 9.68. The Bertz CT molecular complexity index is 226. The molecular formula is C11H19F3O2. The van der Waals surface area contributed by atoms with Gasteiger partial charge >= 0.3 is 6.18 Å². The van der Waals surface area contributed by atoms with Gasteiger partial charge in [0.15, 0.2) is 0 Å². The number of hydrogen-bond donors (Lipinski definition) is 1. The van der Waals surface area contributed by atoms with E-state index in [1.54, 1.807) is 0 Å². The molecule has 1 fully saturated rings. The highest BCUT2D eigenvalue weighted by Gasteiger charge is 2.35. The molecule has 2 nitrogen and oxygen atoms in total. The van der Waals surface area contributed by atoms with Crippen molar-refractivity contribution < 1.29 is 23.0 Å². The van der Waals surface area contributed by atoms with E-state index >= 15 is 0 Å². The molecule has 16 heavy (non-hydrogen) atoms. The molecule has 0 aromatic rings. The molecule has 0 saturated heterocycles. The van der Waals surface area contributed by atoms with Crippen LogP contribution in [0.1, 0.15) is 39.5 Å². The summed E-state index contributed by atoms with van der Waals surface area (Å²) in [5.41, 5.74) is 0.0438. The van der Waals surface area contributed by atoms with Gasteiger partial charge < -0.3 is 9.84 Å². The Kier molecular flexibility index (Phi) is 4.23. The summed E-state index contributed by atoms with van der Waals surface area (Å²) in [5.74, 6) is 0. The topological polar surface area (TPSA) is 29.5 Å². The molecule has 5 heteroatoms. The lowest BCUT2D eigenvalue weighted by atomic mass is 9.75. The van der Waals surface area contributed by atoms with Gasteiger partial charge in [0.1, 0.15) is 0 Å². The van der Waals surface area contributed by atoms with Crippen molar-refractivity contribution in [2.24, 2.45) is 5.41 Å². The average molecular weight is 240 g/mol. The Labute approximate surface area is 93.8 Å². The second kappa shape index (κ2) is 4.92. The Balaban J connectivity index is 2.35. The summed E-state index contributed by atoms with van der Waals surface area (Å²) in [6, 6.07) is 0. The SMILES string of the molecule is CC1(C)CCC(O)C(OCCC(F)(F)F)C1. The molecule has 1 N–H and O–H groups in total. The van der Waals surface area contributed by atoms with Gasteiger partial charge in [-0.2, -0.15) is 13.2 Å². The first-order valence-corrected chi connectivity index (χ1v) is 5.56. The van der Waals surface area contributed by atoms with Crippen LogP contribution in [0.3, 0.4) is 0 Å². The first-order chi connectivity index (χ1) is 7.20. The van der Waals surface area contributed by atoms with Gasteiger partial charge in [-0.3, -0.25) is 0 Å². The summed E-state index contributed by atoms with van der Waals surface area (Å²) in [6.45, 7) is 3.72. The van der Waals surface area contributed by atoms with E-state index in [1.165, 1.54) is 0 Å². The smallest absolute Gasteiger partial charge is 0.390 e. The van der Waals surface area contributed by atoms with E-state index in [9.17, 15) is 18.3 Å². The highest BCUT2D eigenvalue weighted by molar-refractivity contribution is 4.85. The molecule has 0 aliphatic heterocycles. The van der Waals surface area contributed by atoms with E-state index in [-0.39, 0.29) is 12.0 Å². The van der Waals surface area contributed by atoms with Crippen molar-refractivity contribution in [1.82, 2.24) is 0 Å². The molecule has 0 amide bonds. The first-order valence-electron chi connectivity index (χ1n) is 5.56. The molecular weight excluding hydrogens is 221 g/mol. The molecule has 1 aliphatic rings. The van der Waals surface area contributed by atoms with E-state index < -0.39 is 24.8 Å². The maximum Gasteiger partial charge on any atom is 0.391 e. The van der Waals surface area contributed by atoms with Crippen LogP contribution in [-0.2, 0) is 4.74 Å². The highest BCUT2D eigenvalue weighted by Crippen LogP contribution is 2.36. The quantitative estimate of drug-likeness (QED) is 0.822. The van der Waals surface area contributed by atoms with E-state index in [2.05, 4.69) is 0 Å². The second-order valence-corrected chi connectivity index (χ2v) is 5.25. The molecule has 0 spiro atoms. The summed E-state index contributed by atoms with van der Waals surface area (Å²) >= 11 is 0. The Morgan fingerprint density at radius 3 is 2.56 bits per heavy atom. The van der Waals surface area contributed by atoms with Crippen LogP contribution in [0.2, 0.25) is 0 Å². The van der Waals surface area contributed by atoms with Crippen molar-refractivity contribution in [2.45, 2.75) is 57.9 Å². The third-order valence-electron chi connectivity index (χ3n) is 3.02. The van der Waals surface area contributed by atoms with Crippen LogP contribution in [0.15, 0.2) is 0 Å². The summed E-state index contributed by atoms with van der Waals surface area (Å²) in [5, 5.41) is 9.62. The van der Waals surface area contributed by atoms with Crippen LogP contribution in [0, 0.1) is 5.41 Å². The van der Waals surface area contributed by atoms with Gasteiger partial charge in [0.2, 0.25) is 0 Å². The van der Waals surface area contributed by atoms with Gasteiger partial charge in [-0.15, -0.1) is 0 Å². The van der Waals surface area contributed by atoms with Crippen molar-refractivity contribution in [3.63, 3.8) is 0 Å². The van der Waals surface area contributed by atoms with E-state index in [4.69, 9.17) is 4.74 Å². The standard InChI is InChI=1S/C11H19F3O2/c1-10(2)4-3-8(15)9(7-10)16-6-5-11(12,13)14/h8-9,15H,3-7H2,1-2H3. The van der Waals surface area contributed by atoms with Gasteiger partial charge in [-0.25, -0.2) is 0 Å². The zero-order valence-corrected chi connectivity index (χ0v) is 9.68. The molecule has 1 saturated carbocycles. The summed E-state index contributed by atoms with van der Waals surface area (Å²) in [7, 11) is 0. The highest BCUT2D eigenvalue weighted by atomic mass is 19.4. The van der Waals surface area contributed by atoms with Crippen molar-refractivity contribution in [2.75, 3.05) is 6.61 Å². The predicted octanol–water partition coefficient (Wildman–Crippen LogP) is 2.90. The van der Waals surface area contributed by atoms with Crippen molar-refractivity contribution in [3.8, 4) is 0 Å². The van der Waals surface area contributed by atoms with Gasteiger partial charge in [-0.1, -0.05) is 13.8 Å². The summed E-state index contributed by atoms with van der Waals surface area (Å²) in [4.78, 5) is 0. The Morgan fingerprint density at radius 1 is 1.38 bits per heavy atom. The Morgan fingerprint density at radius 2 is 2.00 bits per heavy atom. The normalized spacial score (nSPS) is 30.4. The minimum Gasteiger partial charge on any atom is -0.390 e. The van der Waals surface area contributed by atoms with Crippen LogP contribution in [0.4, 0.5) is 13.2 Å². The van der Waals surface area contributed by atoms with Crippen molar-refractivity contribution in [3.05, 3.63) is 0 Å². The van der Waals surface area contributed by atoms with E-state index in [0.29, 0.717) is 12.8 Å². The number of hydrogen-bond acceptors (Lipinski definition) is 2. The lowest BCUT2D eigenvalue weighted by Gasteiger charge is -2.38. The fraction of sp³-hybridized carbons (Fsp3) is 1.00. The number of alkyl halides is 3. The Hall–Kier alpha value is -0.290. The number of aliphatic hydroxyl groups is 1. The monoisotopic (exact) mass is 240 g/mol. The van der Waals surface area contributed by atoms with E-state index in [1.807, 2.05) is 13.8 Å². The van der Waals surface area contributed by atoms with Crippen LogP contribution < -0.4 is 0 Å². The maximum atomic E-state index is 11.9. The molecule has 2 unspecified atom stereocenters. The van der Waals surface area contributed by atoms with E-state index in [0.717, 1.165) is 6.42 Å². The fourth-order valence-corrected chi connectivity index (χ4v) is 2.00. The number of ether oxygens (including phenoxy) is 1. The largest absolute Gasteiger partial charge is 0.391 e. The molecule has 0 aromatic heterocycles. The number of aliphatic hydroxyl groups excluding tert-OH is 1. The molecule has 0 aromatic carbocycles. The molecule has 2 atom stereocenters. The second-order valence-electron chi connectivity index (χ2n) is 5.25. The fourth-order valence-electron chi connectivity index (χ4n) is 2.00. The van der Waals surface area contributed by atoms with Crippen molar-refractivity contribution >= 4 is 0 Å². The molecule has 96 valence electrons. The lowest BCUT2D eigenvalue weighted by molar-refractivity contribution is -0.160. The van der Waals surface area contributed by atoms with Gasteiger partial charge in [-0.05, 0) is 24.7 Å². The molecule has 0 heterocycles. The third kappa shape index (κ3) is 4.70. The molecule has 0 radical (unpaired) electrons. The third-order valence-corrected chi connectivity index (χ3v) is 3.02. The minimum absolute atomic E-state index is 0.0438. The zero-order chi connectivity index (χ0) is 12.4.